The summed E-state index contributed by atoms with van der Waals surface area (Å²) < 4.78 is 0. The van der Waals surface area contributed by atoms with E-state index in [0.29, 0.717) is 13.1 Å². The number of hydrogen-bond donors (Lipinski definition) is 2. The van der Waals surface area contributed by atoms with Crippen molar-refractivity contribution in [1.29, 1.82) is 0 Å². The minimum absolute atomic E-state index is 0.0747. The zero-order chi connectivity index (χ0) is 9.52. The number of nitrogens with zero attached hydrogens (tertiary/aromatic N) is 2. The molecule has 0 atom stereocenters. The highest BCUT2D eigenvalue weighted by molar-refractivity contribution is 5.79. The lowest BCUT2D eigenvalue weighted by molar-refractivity contribution is 0.307. The molecule has 0 amide bonds. The second-order valence-electron chi connectivity index (χ2n) is 2.54. The molecule has 0 spiro atoms. The molecular formula is C9H13N3O. The molecule has 13 heavy (non-hydrogen) atoms. The van der Waals surface area contributed by atoms with Crippen LogP contribution in [0, 0.1) is 0 Å². The van der Waals surface area contributed by atoms with E-state index in [0.717, 1.165) is 11.3 Å². The van der Waals surface area contributed by atoms with E-state index >= 15 is 0 Å². The number of aliphatic hydroxyl groups excluding tert-OH is 1. The molecule has 0 aliphatic rings. The molecule has 4 nitrogen and oxygen atoms in total. The number of pyridine rings is 1. The Labute approximate surface area is 77.1 Å². The maximum Gasteiger partial charge on any atom is 0.0626 e. The van der Waals surface area contributed by atoms with Gasteiger partial charge in [0.1, 0.15) is 0 Å². The van der Waals surface area contributed by atoms with Gasteiger partial charge < -0.3 is 10.8 Å². The number of aliphatic imine (C=N–C) groups is 1. The lowest BCUT2D eigenvalue weighted by atomic mass is 10.2. The highest BCUT2D eigenvalue weighted by Crippen LogP contribution is 1.97. The van der Waals surface area contributed by atoms with Crippen LogP contribution in [0.5, 0.6) is 0 Å². The van der Waals surface area contributed by atoms with E-state index in [9.17, 15) is 0 Å². The Morgan fingerprint density at radius 3 is 3.15 bits per heavy atom. The van der Waals surface area contributed by atoms with Crippen LogP contribution >= 0.6 is 0 Å². The number of aromatic nitrogens is 1. The van der Waals surface area contributed by atoms with Crippen molar-refractivity contribution in [3.63, 3.8) is 0 Å². The van der Waals surface area contributed by atoms with Crippen LogP contribution in [0.2, 0.25) is 0 Å². The van der Waals surface area contributed by atoms with Crippen LogP contribution in [0.15, 0.2) is 23.3 Å². The lowest BCUT2D eigenvalue weighted by Crippen LogP contribution is -2.00. The molecule has 0 radical (unpaired) electrons. The highest BCUT2D eigenvalue weighted by atomic mass is 16.3. The van der Waals surface area contributed by atoms with Crippen molar-refractivity contribution < 1.29 is 5.11 Å². The van der Waals surface area contributed by atoms with Crippen molar-refractivity contribution in [2.75, 3.05) is 13.2 Å². The third-order valence-corrected chi connectivity index (χ3v) is 1.52. The van der Waals surface area contributed by atoms with Crippen molar-refractivity contribution in [1.82, 2.24) is 4.98 Å². The molecule has 1 heterocycles. The average Bonchev–Trinajstić information content (AvgIpc) is 2.19. The smallest absolute Gasteiger partial charge is 0.0626 e. The van der Waals surface area contributed by atoms with Crippen molar-refractivity contribution >= 4 is 6.21 Å². The van der Waals surface area contributed by atoms with Crippen LogP contribution < -0.4 is 5.73 Å². The van der Waals surface area contributed by atoms with E-state index in [-0.39, 0.29) is 6.61 Å². The van der Waals surface area contributed by atoms with Gasteiger partial charge in [0.15, 0.2) is 0 Å². The van der Waals surface area contributed by atoms with Gasteiger partial charge in [-0.15, -0.1) is 0 Å². The van der Waals surface area contributed by atoms with Gasteiger partial charge in [0.25, 0.3) is 0 Å². The van der Waals surface area contributed by atoms with Gasteiger partial charge >= 0.3 is 0 Å². The van der Waals surface area contributed by atoms with Crippen molar-refractivity contribution in [3.8, 4) is 0 Å². The topological polar surface area (TPSA) is 71.5 Å². The third kappa shape index (κ3) is 3.31. The van der Waals surface area contributed by atoms with Crippen molar-refractivity contribution in [3.05, 3.63) is 29.6 Å². The van der Waals surface area contributed by atoms with Gasteiger partial charge in [-0.1, -0.05) is 0 Å². The van der Waals surface area contributed by atoms with Crippen molar-refractivity contribution in [2.45, 2.75) is 6.54 Å². The number of aliphatic hydroxyl groups is 1. The summed E-state index contributed by atoms with van der Waals surface area (Å²) in [4.78, 5) is 8.04. The molecule has 0 aliphatic heterocycles. The fourth-order valence-electron chi connectivity index (χ4n) is 0.916. The summed E-state index contributed by atoms with van der Waals surface area (Å²) in [5, 5.41) is 8.50. The summed E-state index contributed by atoms with van der Waals surface area (Å²) in [5.74, 6) is 0. The van der Waals surface area contributed by atoms with Crippen LogP contribution in [-0.2, 0) is 6.54 Å². The maximum absolute atomic E-state index is 8.50. The van der Waals surface area contributed by atoms with Crippen LogP contribution in [-0.4, -0.2) is 29.5 Å². The molecule has 70 valence electrons. The summed E-state index contributed by atoms with van der Waals surface area (Å²) in [6, 6.07) is 3.72. The minimum atomic E-state index is 0.0747. The second kappa shape index (κ2) is 5.40. The Morgan fingerprint density at radius 1 is 1.62 bits per heavy atom. The highest BCUT2D eigenvalue weighted by Gasteiger charge is 1.91. The second-order valence-corrected chi connectivity index (χ2v) is 2.54. The van der Waals surface area contributed by atoms with Gasteiger partial charge in [-0.05, 0) is 17.7 Å². The predicted molar refractivity (Wildman–Crippen MR) is 51.7 cm³/mol. The minimum Gasteiger partial charge on any atom is -0.394 e. The Bertz CT molecular complexity index is 286. The Morgan fingerprint density at radius 2 is 2.46 bits per heavy atom. The zero-order valence-electron chi connectivity index (χ0n) is 7.35. The summed E-state index contributed by atoms with van der Waals surface area (Å²) in [7, 11) is 0. The number of rotatable bonds is 4. The third-order valence-electron chi connectivity index (χ3n) is 1.52. The largest absolute Gasteiger partial charge is 0.394 e. The molecule has 0 fully saturated rings. The molecule has 4 heteroatoms. The molecule has 0 saturated heterocycles. The molecular weight excluding hydrogens is 166 g/mol. The molecule has 1 rings (SSSR count). The van der Waals surface area contributed by atoms with E-state index in [1.165, 1.54) is 0 Å². The summed E-state index contributed by atoms with van der Waals surface area (Å²) in [6.07, 6.45) is 3.40. The molecule has 1 aromatic rings. The molecule has 0 unspecified atom stereocenters. The van der Waals surface area contributed by atoms with Gasteiger partial charge in [0.2, 0.25) is 0 Å². The summed E-state index contributed by atoms with van der Waals surface area (Å²) >= 11 is 0. The first kappa shape index (κ1) is 9.83. The average molecular weight is 179 g/mol. The fraction of sp³-hybridized carbons (Fsp3) is 0.333. The SMILES string of the molecule is NCc1cc(C=NCCO)ccn1. The Hall–Kier alpha value is -1.26. The zero-order valence-corrected chi connectivity index (χ0v) is 7.35. The van der Waals surface area contributed by atoms with Gasteiger partial charge in [-0.2, -0.15) is 0 Å². The standard InChI is InChI=1S/C9H13N3O/c10-6-9-5-8(1-2-12-9)7-11-3-4-13/h1-2,5,7,13H,3-4,6,10H2. The van der Waals surface area contributed by atoms with Gasteiger partial charge in [0, 0.05) is 19.0 Å². The fourth-order valence-corrected chi connectivity index (χ4v) is 0.916. The van der Waals surface area contributed by atoms with E-state index < -0.39 is 0 Å². The molecule has 1 aromatic heterocycles. The molecule has 0 saturated carbocycles. The predicted octanol–water partition coefficient (Wildman–Crippen LogP) is -0.0485. The van der Waals surface area contributed by atoms with Crippen LogP contribution in [0.25, 0.3) is 0 Å². The molecule has 3 N–H and O–H groups in total. The number of nitrogens with two attached hydrogens (primary N) is 1. The first-order chi connectivity index (χ1) is 6.36. The first-order valence-electron chi connectivity index (χ1n) is 4.12. The molecule has 0 bridgehead atoms. The van der Waals surface area contributed by atoms with Crippen LogP contribution in [0.1, 0.15) is 11.3 Å². The first-order valence-corrected chi connectivity index (χ1v) is 4.12. The van der Waals surface area contributed by atoms with E-state index in [1.807, 2.05) is 12.1 Å². The maximum atomic E-state index is 8.50. The van der Waals surface area contributed by atoms with Gasteiger partial charge in [-0.3, -0.25) is 9.98 Å². The normalized spacial score (nSPS) is 10.9. The van der Waals surface area contributed by atoms with Crippen LogP contribution in [0.4, 0.5) is 0 Å². The quantitative estimate of drug-likeness (QED) is 0.637. The monoisotopic (exact) mass is 179 g/mol. The van der Waals surface area contributed by atoms with E-state index in [1.54, 1.807) is 12.4 Å². The summed E-state index contributed by atoms with van der Waals surface area (Å²) in [5.41, 5.74) is 7.23. The lowest BCUT2D eigenvalue weighted by Gasteiger charge is -1.96. The Kier molecular flexibility index (Phi) is 4.08. The summed E-state index contributed by atoms with van der Waals surface area (Å²) in [6.45, 7) is 0.938. The van der Waals surface area contributed by atoms with Gasteiger partial charge in [0.05, 0.1) is 18.8 Å². The molecule has 0 aromatic carbocycles. The Balaban J connectivity index is 2.66. The number of hydrogen-bond acceptors (Lipinski definition) is 4. The van der Waals surface area contributed by atoms with Crippen molar-refractivity contribution in [2.24, 2.45) is 10.7 Å². The van der Waals surface area contributed by atoms with Gasteiger partial charge in [-0.25, -0.2) is 0 Å². The molecule has 0 aliphatic carbocycles. The van der Waals surface area contributed by atoms with E-state index in [4.69, 9.17) is 10.8 Å². The van der Waals surface area contributed by atoms with Crippen LogP contribution in [0.3, 0.4) is 0 Å². The van der Waals surface area contributed by atoms with E-state index in [2.05, 4.69) is 9.98 Å².